The van der Waals surface area contributed by atoms with Gasteiger partial charge in [-0.15, -0.1) is 0 Å². The van der Waals surface area contributed by atoms with E-state index in [0.29, 0.717) is 5.56 Å². The fourth-order valence-electron chi connectivity index (χ4n) is 1.46. The van der Waals surface area contributed by atoms with E-state index in [9.17, 15) is 14.0 Å². The zero-order valence-corrected chi connectivity index (χ0v) is 8.25. The van der Waals surface area contributed by atoms with Gasteiger partial charge in [0, 0.05) is 0 Å². The molecule has 1 heterocycles. The van der Waals surface area contributed by atoms with Gasteiger partial charge in [-0.2, -0.15) is 0 Å². The molecule has 1 fully saturated rings. The van der Waals surface area contributed by atoms with Crippen molar-refractivity contribution in [3.63, 3.8) is 0 Å². The highest BCUT2D eigenvalue weighted by Gasteiger charge is 2.34. The van der Waals surface area contributed by atoms with E-state index in [1.54, 1.807) is 0 Å². The Hall–Kier alpha value is -1.42. The summed E-state index contributed by atoms with van der Waals surface area (Å²) in [5.74, 6) is -2.39. The first-order valence-electron chi connectivity index (χ1n) is 4.27. The number of hydrogen-bond donors (Lipinski definition) is 0. The molecule has 0 amide bonds. The summed E-state index contributed by atoms with van der Waals surface area (Å²) in [6.45, 7) is 0. The van der Waals surface area contributed by atoms with E-state index in [4.69, 9.17) is 11.6 Å². The zero-order valence-electron chi connectivity index (χ0n) is 7.50. The van der Waals surface area contributed by atoms with Crippen molar-refractivity contribution < 1.29 is 18.7 Å². The Morgan fingerprint density at radius 3 is 2.67 bits per heavy atom. The topological polar surface area (TPSA) is 43.4 Å². The van der Waals surface area contributed by atoms with E-state index in [-0.39, 0.29) is 11.4 Å². The minimum Gasteiger partial charge on any atom is -0.393 e. The first-order valence-corrected chi connectivity index (χ1v) is 4.65. The van der Waals surface area contributed by atoms with Gasteiger partial charge in [0.15, 0.2) is 0 Å². The van der Waals surface area contributed by atoms with Gasteiger partial charge in [0.25, 0.3) is 0 Å². The molecule has 1 aliphatic rings. The van der Waals surface area contributed by atoms with Gasteiger partial charge in [-0.3, -0.25) is 9.59 Å². The quantitative estimate of drug-likeness (QED) is 0.546. The standard InChI is InChI=1S/C10H6ClFO3/c11-7-3-5(1-2-8(7)12)6-4-9(13)15-10(6)14/h1-3,6H,4H2. The first-order chi connectivity index (χ1) is 7.08. The number of cyclic esters (lactones) is 2. The van der Waals surface area contributed by atoms with Crippen LogP contribution in [-0.2, 0) is 14.3 Å². The van der Waals surface area contributed by atoms with Crippen molar-refractivity contribution in [2.75, 3.05) is 0 Å². The normalized spacial score (nSPS) is 20.5. The van der Waals surface area contributed by atoms with E-state index in [1.807, 2.05) is 0 Å². The third-order valence-electron chi connectivity index (χ3n) is 2.22. The largest absolute Gasteiger partial charge is 0.393 e. The second-order valence-corrected chi connectivity index (χ2v) is 3.63. The smallest absolute Gasteiger partial charge is 0.321 e. The molecule has 1 atom stereocenters. The van der Waals surface area contributed by atoms with Crippen molar-refractivity contribution in [2.45, 2.75) is 12.3 Å². The van der Waals surface area contributed by atoms with Gasteiger partial charge in [-0.25, -0.2) is 4.39 Å². The van der Waals surface area contributed by atoms with E-state index < -0.39 is 23.7 Å². The van der Waals surface area contributed by atoms with Crippen LogP contribution < -0.4 is 0 Å². The molecule has 0 aliphatic carbocycles. The number of benzene rings is 1. The molecule has 1 saturated heterocycles. The van der Waals surface area contributed by atoms with Crippen molar-refractivity contribution in [3.05, 3.63) is 34.6 Å². The molecule has 15 heavy (non-hydrogen) atoms. The van der Waals surface area contributed by atoms with Crippen LogP contribution in [0.4, 0.5) is 4.39 Å². The third kappa shape index (κ3) is 1.85. The van der Waals surface area contributed by atoms with Crippen LogP contribution in [0.25, 0.3) is 0 Å². The second-order valence-electron chi connectivity index (χ2n) is 3.22. The van der Waals surface area contributed by atoms with Gasteiger partial charge in [0.05, 0.1) is 17.4 Å². The number of carbonyl (C=O) groups is 2. The summed E-state index contributed by atoms with van der Waals surface area (Å²) in [5, 5.41) is -0.0698. The number of ether oxygens (including phenoxy) is 1. The van der Waals surface area contributed by atoms with Gasteiger partial charge in [0.1, 0.15) is 5.82 Å². The molecule has 0 saturated carbocycles. The summed E-state index contributed by atoms with van der Waals surface area (Å²) in [6.07, 6.45) is -0.0131. The van der Waals surface area contributed by atoms with E-state index in [1.165, 1.54) is 12.1 Å². The molecule has 0 N–H and O–H groups in total. The Labute approximate surface area is 89.8 Å². The molecule has 0 spiro atoms. The van der Waals surface area contributed by atoms with Crippen LogP contribution in [0.5, 0.6) is 0 Å². The van der Waals surface area contributed by atoms with Crippen LogP contribution in [0, 0.1) is 5.82 Å². The lowest BCUT2D eigenvalue weighted by molar-refractivity contribution is -0.152. The molecule has 0 bridgehead atoms. The molecule has 1 aliphatic heterocycles. The summed E-state index contributed by atoms with van der Waals surface area (Å²) >= 11 is 5.56. The number of esters is 2. The van der Waals surface area contributed by atoms with Crippen LogP contribution in [0.3, 0.4) is 0 Å². The first kappa shape index (κ1) is 10.1. The van der Waals surface area contributed by atoms with Gasteiger partial charge < -0.3 is 4.74 Å². The number of halogens is 2. The predicted molar refractivity (Wildman–Crippen MR) is 49.9 cm³/mol. The molecule has 5 heteroatoms. The number of hydrogen-bond acceptors (Lipinski definition) is 3. The SMILES string of the molecule is O=C1CC(c2ccc(F)c(Cl)c2)C(=O)O1. The summed E-state index contributed by atoms with van der Waals surface area (Å²) < 4.78 is 17.2. The fourth-order valence-corrected chi connectivity index (χ4v) is 1.65. The van der Waals surface area contributed by atoms with Crippen LogP contribution >= 0.6 is 11.6 Å². The minimum absolute atomic E-state index is 0.0131. The number of rotatable bonds is 1. The number of carbonyl (C=O) groups excluding carboxylic acids is 2. The maximum atomic E-state index is 12.8. The lowest BCUT2D eigenvalue weighted by Crippen LogP contribution is -2.05. The highest BCUT2D eigenvalue weighted by Crippen LogP contribution is 2.29. The van der Waals surface area contributed by atoms with Crippen LogP contribution in [0.15, 0.2) is 18.2 Å². The molecule has 78 valence electrons. The van der Waals surface area contributed by atoms with Crippen LogP contribution in [0.2, 0.25) is 5.02 Å². The van der Waals surface area contributed by atoms with Crippen molar-refractivity contribution in [2.24, 2.45) is 0 Å². The van der Waals surface area contributed by atoms with Crippen molar-refractivity contribution in [3.8, 4) is 0 Å². The predicted octanol–water partition coefficient (Wildman–Crippen LogP) is 2.04. The molecule has 3 nitrogen and oxygen atoms in total. The highest BCUT2D eigenvalue weighted by atomic mass is 35.5. The molecule has 1 aromatic rings. The summed E-state index contributed by atoms with van der Waals surface area (Å²) in [5.41, 5.74) is 0.497. The Balaban J connectivity index is 2.34. The van der Waals surface area contributed by atoms with Crippen molar-refractivity contribution in [1.82, 2.24) is 0 Å². The highest BCUT2D eigenvalue weighted by molar-refractivity contribution is 6.30. The second kappa shape index (κ2) is 3.62. The molecular weight excluding hydrogens is 223 g/mol. The zero-order chi connectivity index (χ0) is 11.0. The van der Waals surface area contributed by atoms with E-state index in [2.05, 4.69) is 4.74 Å². The third-order valence-corrected chi connectivity index (χ3v) is 2.51. The fraction of sp³-hybridized carbons (Fsp3) is 0.200. The van der Waals surface area contributed by atoms with E-state index in [0.717, 1.165) is 6.07 Å². The molecule has 1 aromatic carbocycles. The lowest BCUT2D eigenvalue weighted by atomic mass is 9.98. The Bertz CT molecular complexity index is 444. The molecule has 2 rings (SSSR count). The van der Waals surface area contributed by atoms with Crippen molar-refractivity contribution in [1.29, 1.82) is 0 Å². The van der Waals surface area contributed by atoms with Crippen molar-refractivity contribution >= 4 is 23.5 Å². The van der Waals surface area contributed by atoms with Gasteiger partial charge >= 0.3 is 11.9 Å². The Morgan fingerprint density at radius 1 is 1.40 bits per heavy atom. The molecule has 1 unspecified atom stereocenters. The van der Waals surface area contributed by atoms with Gasteiger partial charge in [-0.1, -0.05) is 17.7 Å². The Kier molecular flexibility index (Phi) is 2.44. The van der Waals surface area contributed by atoms with Gasteiger partial charge in [0.2, 0.25) is 0 Å². The summed E-state index contributed by atoms with van der Waals surface area (Å²) in [4.78, 5) is 22.0. The van der Waals surface area contributed by atoms with Gasteiger partial charge in [-0.05, 0) is 17.7 Å². The van der Waals surface area contributed by atoms with Crippen LogP contribution in [0.1, 0.15) is 17.9 Å². The Morgan fingerprint density at radius 2 is 2.13 bits per heavy atom. The summed E-state index contributed by atoms with van der Waals surface area (Å²) in [7, 11) is 0. The van der Waals surface area contributed by atoms with Crippen LogP contribution in [-0.4, -0.2) is 11.9 Å². The average Bonchev–Trinajstić information content (AvgIpc) is 2.50. The van der Waals surface area contributed by atoms with E-state index >= 15 is 0 Å². The maximum absolute atomic E-state index is 12.8. The average molecular weight is 229 g/mol. The maximum Gasteiger partial charge on any atom is 0.321 e. The molecular formula is C10H6ClFO3. The monoisotopic (exact) mass is 228 g/mol. The molecule has 0 radical (unpaired) electrons. The molecule has 0 aromatic heterocycles. The minimum atomic E-state index is -0.657. The lowest BCUT2D eigenvalue weighted by Gasteiger charge is -2.05. The summed E-state index contributed by atoms with van der Waals surface area (Å²) in [6, 6.07) is 3.92.